The van der Waals surface area contributed by atoms with Gasteiger partial charge in [0.2, 0.25) is 0 Å². The van der Waals surface area contributed by atoms with Crippen molar-refractivity contribution in [2.24, 2.45) is 5.92 Å². The third kappa shape index (κ3) is 5.20. The van der Waals surface area contributed by atoms with Gasteiger partial charge < -0.3 is 5.32 Å². The molecule has 0 bridgehead atoms. The van der Waals surface area contributed by atoms with Crippen molar-refractivity contribution in [3.63, 3.8) is 0 Å². The van der Waals surface area contributed by atoms with E-state index in [1.54, 1.807) is 15.7 Å². The number of nitrogens with one attached hydrogen (secondary N) is 1. The zero-order valence-corrected chi connectivity index (χ0v) is 15.1. The number of piperidine rings is 1. The summed E-state index contributed by atoms with van der Waals surface area (Å²) in [6, 6.07) is 0.549. The summed E-state index contributed by atoms with van der Waals surface area (Å²) >= 11 is 0. The van der Waals surface area contributed by atoms with Crippen LogP contribution < -0.4 is 5.32 Å². The molecule has 126 valence electrons. The van der Waals surface area contributed by atoms with Crippen molar-refractivity contribution in [3.8, 4) is 0 Å². The van der Waals surface area contributed by atoms with Crippen LogP contribution in [-0.2, 0) is 10.2 Å². The molecule has 0 aromatic heterocycles. The maximum atomic E-state index is 12.8. The Kier molecular flexibility index (Phi) is 7.60. The van der Waals surface area contributed by atoms with E-state index in [1.807, 2.05) is 13.8 Å². The van der Waals surface area contributed by atoms with Gasteiger partial charge >= 0.3 is 0 Å². The molecule has 1 unspecified atom stereocenters. The van der Waals surface area contributed by atoms with E-state index in [2.05, 4.69) is 19.2 Å². The first-order valence-electron chi connectivity index (χ1n) is 8.29. The average molecular weight is 320 g/mol. The largest absolute Gasteiger partial charge is 0.314 e. The molecule has 1 heterocycles. The molecule has 21 heavy (non-hydrogen) atoms. The maximum Gasteiger partial charge on any atom is 0.281 e. The third-order valence-corrected chi connectivity index (χ3v) is 6.45. The Bertz CT molecular complexity index is 394. The second-order valence-electron chi connectivity index (χ2n) is 6.42. The molecule has 1 aliphatic rings. The summed E-state index contributed by atoms with van der Waals surface area (Å²) in [4.78, 5) is 0. The zero-order chi connectivity index (χ0) is 16.0. The highest BCUT2D eigenvalue weighted by molar-refractivity contribution is 7.86. The van der Waals surface area contributed by atoms with Crippen LogP contribution in [0.3, 0.4) is 0 Å². The van der Waals surface area contributed by atoms with Gasteiger partial charge in [-0.2, -0.15) is 17.0 Å². The van der Waals surface area contributed by atoms with Crippen LogP contribution in [0.4, 0.5) is 0 Å². The fourth-order valence-corrected chi connectivity index (χ4v) is 4.78. The molecule has 0 saturated carbocycles. The summed E-state index contributed by atoms with van der Waals surface area (Å²) in [7, 11) is -1.59. The molecule has 0 aliphatic carbocycles. The van der Waals surface area contributed by atoms with Gasteiger partial charge in [0.1, 0.15) is 0 Å². The smallest absolute Gasteiger partial charge is 0.281 e. The molecule has 0 amide bonds. The molecule has 1 N–H and O–H groups in total. The van der Waals surface area contributed by atoms with Gasteiger partial charge in [0.05, 0.1) is 0 Å². The normalized spacial score (nSPS) is 21.6. The molecule has 0 aromatic rings. The topological polar surface area (TPSA) is 52.7 Å². The fraction of sp³-hybridized carbons (Fsp3) is 1.00. The van der Waals surface area contributed by atoms with Gasteiger partial charge in [0.25, 0.3) is 10.2 Å². The van der Waals surface area contributed by atoms with Crippen LogP contribution in [0, 0.1) is 5.92 Å². The number of hydrogen-bond donors (Lipinski definition) is 1. The van der Waals surface area contributed by atoms with Gasteiger partial charge in [-0.3, -0.25) is 0 Å². The van der Waals surface area contributed by atoms with Crippen LogP contribution in [0.5, 0.6) is 0 Å². The van der Waals surface area contributed by atoms with E-state index >= 15 is 0 Å². The maximum absolute atomic E-state index is 12.8. The Labute approximate surface area is 131 Å². The van der Waals surface area contributed by atoms with E-state index in [9.17, 15) is 8.42 Å². The van der Waals surface area contributed by atoms with E-state index in [0.717, 1.165) is 32.2 Å². The van der Waals surface area contributed by atoms with E-state index < -0.39 is 10.2 Å². The molecule has 1 rings (SSSR count). The fourth-order valence-electron chi connectivity index (χ4n) is 2.98. The van der Waals surface area contributed by atoms with E-state index in [0.29, 0.717) is 25.0 Å². The molecular formula is C15H33N3O2S. The lowest BCUT2D eigenvalue weighted by Gasteiger charge is -2.37. The van der Waals surface area contributed by atoms with Crippen molar-refractivity contribution in [3.05, 3.63) is 0 Å². The van der Waals surface area contributed by atoms with Crippen LogP contribution in [0.15, 0.2) is 0 Å². The molecule has 0 spiro atoms. The van der Waals surface area contributed by atoms with E-state index in [-0.39, 0.29) is 6.04 Å². The lowest BCUT2D eigenvalue weighted by Crippen LogP contribution is -2.50. The lowest BCUT2D eigenvalue weighted by molar-refractivity contribution is 0.232. The molecule has 5 nitrogen and oxygen atoms in total. The number of rotatable bonds is 8. The standard InChI is InChI=1S/C15H33N3O2S/c1-6-15(7-2)17(5)21(19,20)18-10-8-9-14(12-18)11-16-13(3)4/h13-16H,6-12H2,1-5H3. The third-order valence-electron chi connectivity index (χ3n) is 4.44. The van der Waals surface area contributed by atoms with Crippen molar-refractivity contribution >= 4 is 10.2 Å². The van der Waals surface area contributed by atoms with Crippen molar-refractivity contribution < 1.29 is 8.42 Å². The first-order valence-corrected chi connectivity index (χ1v) is 9.69. The van der Waals surface area contributed by atoms with Crippen LogP contribution in [0.2, 0.25) is 0 Å². The van der Waals surface area contributed by atoms with Gasteiger partial charge in [-0.1, -0.05) is 27.7 Å². The molecule has 1 aliphatic heterocycles. The highest BCUT2D eigenvalue weighted by Gasteiger charge is 2.34. The molecule has 0 radical (unpaired) electrons. The number of hydrogen-bond acceptors (Lipinski definition) is 3. The van der Waals surface area contributed by atoms with Crippen molar-refractivity contribution in [2.45, 2.75) is 65.5 Å². The average Bonchev–Trinajstić information content (AvgIpc) is 2.46. The Morgan fingerprint density at radius 2 is 1.90 bits per heavy atom. The second kappa shape index (κ2) is 8.46. The van der Waals surface area contributed by atoms with Gasteiger partial charge in [0.15, 0.2) is 0 Å². The summed E-state index contributed by atoms with van der Waals surface area (Å²) in [5.41, 5.74) is 0. The number of nitrogens with zero attached hydrogens (tertiary/aromatic N) is 2. The van der Waals surface area contributed by atoms with Gasteiger partial charge in [-0.15, -0.1) is 0 Å². The molecule has 1 atom stereocenters. The molecule has 0 aromatic carbocycles. The van der Waals surface area contributed by atoms with Crippen LogP contribution >= 0.6 is 0 Å². The highest BCUT2D eigenvalue weighted by atomic mass is 32.2. The highest BCUT2D eigenvalue weighted by Crippen LogP contribution is 2.22. The van der Waals surface area contributed by atoms with Gasteiger partial charge in [-0.05, 0) is 38.1 Å². The predicted octanol–water partition coefficient (Wildman–Crippen LogP) is 2.06. The Morgan fingerprint density at radius 3 is 2.43 bits per heavy atom. The lowest BCUT2D eigenvalue weighted by atomic mass is 9.99. The molecule has 1 fully saturated rings. The molecular weight excluding hydrogens is 286 g/mol. The molecule has 6 heteroatoms. The van der Waals surface area contributed by atoms with Crippen molar-refractivity contribution in [1.29, 1.82) is 0 Å². The summed E-state index contributed by atoms with van der Waals surface area (Å²) in [6.07, 6.45) is 3.79. The van der Waals surface area contributed by atoms with Crippen LogP contribution in [0.1, 0.15) is 53.4 Å². The quantitative estimate of drug-likeness (QED) is 0.745. The monoisotopic (exact) mass is 319 g/mol. The minimum atomic E-state index is -3.32. The van der Waals surface area contributed by atoms with E-state index in [1.165, 1.54) is 0 Å². The Hall–Kier alpha value is -0.170. The predicted molar refractivity (Wildman–Crippen MR) is 88.5 cm³/mol. The van der Waals surface area contributed by atoms with E-state index in [4.69, 9.17) is 0 Å². The zero-order valence-electron chi connectivity index (χ0n) is 14.3. The first-order chi connectivity index (χ1) is 9.82. The Balaban J connectivity index is 2.69. The Morgan fingerprint density at radius 1 is 1.29 bits per heavy atom. The summed E-state index contributed by atoms with van der Waals surface area (Å²) in [5.74, 6) is 0.422. The van der Waals surface area contributed by atoms with Gasteiger partial charge in [-0.25, -0.2) is 0 Å². The minimum absolute atomic E-state index is 0.101. The van der Waals surface area contributed by atoms with Crippen LogP contribution in [0.25, 0.3) is 0 Å². The van der Waals surface area contributed by atoms with Crippen LogP contribution in [-0.4, -0.2) is 55.8 Å². The van der Waals surface area contributed by atoms with Crippen molar-refractivity contribution in [1.82, 2.24) is 13.9 Å². The SMILES string of the molecule is CCC(CC)N(C)S(=O)(=O)N1CCCC(CNC(C)C)C1. The van der Waals surface area contributed by atoms with Crippen molar-refractivity contribution in [2.75, 3.05) is 26.7 Å². The minimum Gasteiger partial charge on any atom is -0.314 e. The first kappa shape index (κ1) is 18.9. The second-order valence-corrected chi connectivity index (χ2v) is 8.41. The molecule has 1 saturated heterocycles. The summed E-state index contributed by atoms with van der Waals surface area (Å²) < 4.78 is 28.8. The summed E-state index contributed by atoms with van der Waals surface area (Å²) in [5, 5.41) is 3.43. The van der Waals surface area contributed by atoms with Gasteiger partial charge in [0, 0.05) is 32.2 Å². The summed E-state index contributed by atoms with van der Waals surface area (Å²) in [6.45, 7) is 10.5.